The Kier molecular flexibility index (Phi) is 5.86. The summed E-state index contributed by atoms with van der Waals surface area (Å²) in [4.78, 5) is 41.9. The lowest BCUT2D eigenvalue weighted by Gasteiger charge is -2.48. The number of carbonyl (C=O) groups excluding carboxylic acids is 3. The van der Waals surface area contributed by atoms with Crippen LogP contribution in [-0.4, -0.2) is 47.0 Å². The molecule has 1 amide bonds. The van der Waals surface area contributed by atoms with E-state index < -0.39 is 0 Å². The summed E-state index contributed by atoms with van der Waals surface area (Å²) in [5.74, 6) is -0.381. The zero-order chi connectivity index (χ0) is 20.4. The van der Waals surface area contributed by atoms with Gasteiger partial charge in [-0.1, -0.05) is 50.3 Å². The van der Waals surface area contributed by atoms with E-state index in [2.05, 4.69) is 4.90 Å². The molecule has 1 saturated carbocycles. The Balaban J connectivity index is 1.52. The number of piperidine rings is 1. The molecule has 5 nitrogen and oxygen atoms in total. The van der Waals surface area contributed by atoms with Crippen LogP contribution in [0, 0.1) is 0 Å². The van der Waals surface area contributed by atoms with E-state index in [0.717, 1.165) is 62.9 Å². The normalized spacial score (nSPS) is 24.0. The number of amides is 1. The lowest BCUT2D eigenvalue weighted by Crippen LogP contribution is -2.59. The second kappa shape index (κ2) is 8.39. The smallest absolute Gasteiger partial charge is 0.294 e. The second-order valence-corrected chi connectivity index (χ2v) is 8.98. The largest absolute Gasteiger partial charge is 0.302 e. The Morgan fingerprint density at radius 2 is 1.59 bits per heavy atom. The molecule has 0 unspecified atom stereocenters. The molecule has 1 aromatic rings. The van der Waals surface area contributed by atoms with E-state index in [1.807, 2.05) is 24.3 Å². The second-order valence-electron chi connectivity index (χ2n) is 8.98. The topological polar surface area (TPSA) is 57.7 Å². The third-order valence-corrected chi connectivity index (χ3v) is 7.33. The van der Waals surface area contributed by atoms with Crippen LogP contribution in [0.1, 0.15) is 70.3 Å². The first-order valence-corrected chi connectivity index (χ1v) is 11.2. The number of ketones is 2. The first-order valence-electron chi connectivity index (χ1n) is 11.2. The van der Waals surface area contributed by atoms with Crippen molar-refractivity contribution in [2.45, 2.75) is 82.7 Å². The summed E-state index contributed by atoms with van der Waals surface area (Å²) in [6.07, 6.45) is 9.67. The average Bonchev–Trinajstić information content (AvgIpc) is 2.69. The van der Waals surface area contributed by atoms with Crippen LogP contribution in [0.2, 0.25) is 0 Å². The molecule has 2 aliphatic heterocycles. The Hall–Kier alpha value is -2.01. The number of benzene rings is 1. The third-order valence-electron chi connectivity index (χ3n) is 7.33. The van der Waals surface area contributed by atoms with E-state index in [1.165, 1.54) is 19.3 Å². The zero-order valence-electron chi connectivity index (χ0n) is 17.5. The maximum Gasteiger partial charge on any atom is 0.294 e. The van der Waals surface area contributed by atoms with Gasteiger partial charge in [-0.3, -0.25) is 19.3 Å². The molecule has 4 rings (SSSR count). The van der Waals surface area contributed by atoms with E-state index in [-0.39, 0.29) is 29.7 Å². The average molecular weight is 397 g/mol. The molecule has 3 aliphatic rings. The standard InChI is InChI=1S/C24H32N2O3/c1-18(27)24(13-7-3-2-4-8-14-24)25-15-11-20(12-16-25)26-21-10-6-5-9-19(21)17-22(28)23(26)29/h5-6,9-10,20H,2-4,7-8,11-17H2,1H3. The minimum Gasteiger partial charge on any atom is -0.302 e. The van der Waals surface area contributed by atoms with E-state index in [0.29, 0.717) is 5.78 Å². The molecular formula is C24H32N2O3. The first-order chi connectivity index (χ1) is 14.0. The minimum atomic E-state index is -0.366. The molecule has 1 aromatic carbocycles. The van der Waals surface area contributed by atoms with E-state index in [4.69, 9.17) is 0 Å². The van der Waals surface area contributed by atoms with Crippen molar-refractivity contribution in [1.29, 1.82) is 0 Å². The highest BCUT2D eigenvalue weighted by molar-refractivity contribution is 6.43. The van der Waals surface area contributed by atoms with Crippen LogP contribution in [-0.2, 0) is 20.8 Å². The molecule has 1 aliphatic carbocycles. The Labute approximate surface area is 173 Å². The quantitative estimate of drug-likeness (QED) is 0.732. The highest BCUT2D eigenvalue weighted by Crippen LogP contribution is 2.37. The SMILES string of the molecule is CC(=O)C1(N2CCC(N3C(=O)C(=O)Cc4ccccc43)CC2)CCCCCCC1. The van der Waals surface area contributed by atoms with Gasteiger partial charge in [-0.25, -0.2) is 0 Å². The van der Waals surface area contributed by atoms with Crippen LogP contribution in [0.15, 0.2) is 24.3 Å². The molecule has 0 bridgehead atoms. The summed E-state index contributed by atoms with van der Waals surface area (Å²) >= 11 is 0. The molecule has 0 spiro atoms. The number of hydrogen-bond donors (Lipinski definition) is 0. The van der Waals surface area contributed by atoms with Crippen molar-refractivity contribution >= 4 is 23.2 Å². The van der Waals surface area contributed by atoms with Crippen LogP contribution in [0.25, 0.3) is 0 Å². The molecule has 29 heavy (non-hydrogen) atoms. The maximum atomic E-state index is 12.8. The highest BCUT2D eigenvalue weighted by atomic mass is 16.2. The number of rotatable bonds is 3. The summed E-state index contributed by atoms with van der Waals surface area (Å²) in [5.41, 5.74) is 1.51. The fourth-order valence-electron chi connectivity index (χ4n) is 5.68. The number of anilines is 1. The molecule has 2 fully saturated rings. The van der Waals surface area contributed by atoms with Gasteiger partial charge in [0.2, 0.25) is 5.78 Å². The molecule has 0 atom stereocenters. The van der Waals surface area contributed by atoms with Gasteiger partial charge >= 0.3 is 0 Å². The van der Waals surface area contributed by atoms with E-state index in [9.17, 15) is 14.4 Å². The summed E-state index contributed by atoms with van der Waals surface area (Å²) in [7, 11) is 0. The molecule has 0 N–H and O–H groups in total. The number of para-hydroxylation sites is 1. The highest BCUT2D eigenvalue weighted by Gasteiger charge is 2.44. The Morgan fingerprint density at radius 3 is 2.24 bits per heavy atom. The Morgan fingerprint density at radius 1 is 0.966 bits per heavy atom. The number of Topliss-reactive ketones (excluding diaryl/α,β-unsaturated/α-hetero) is 2. The maximum absolute atomic E-state index is 12.8. The van der Waals surface area contributed by atoms with Crippen molar-refractivity contribution in [1.82, 2.24) is 4.90 Å². The number of hydrogen-bond acceptors (Lipinski definition) is 4. The van der Waals surface area contributed by atoms with Crippen LogP contribution >= 0.6 is 0 Å². The fraction of sp³-hybridized carbons (Fsp3) is 0.625. The summed E-state index contributed by atoms with van der Waals surface area (Å²) in [6.45, 7) is 3.38. The first kappa shape index (κ1) is 20.3. The van der Waals surface area contributed by atoms with Gasteiger partial charge in [-0.05, 0) is 44.2 Å². The number of fused-ring (bicyclic) bond motifs is 1. The van der Waals surface area contributed by atoms with Gasteiger partial charge in [0.1, 0.15) is 5.78 Å². The number of carbonyl (C=O) groups is 3. The fourth-order valence-corrected chi connectivity index (χ4v) is 5.68. The lowest BCUT2D eigenvalue weighted by molar-refractivity contribution is -0.137. The van der Waals surface area contributed by atoms with Crippen LogP contribution in [0.5, 0.6) is 0 Å². The third kappa shape index (κ3) is 3.77. The number of nitrogens with zero attached hydrogens (tertiary/aromatic N) is 2. The van der Waals surface area contributed by atoms with Gasteiger partial charge < -0.3 is 4.90 Å². The van der Waals surface area contributed by atoms with Gasteiger partial charge in [-0.15, -0.1) is 0 Å². The number of likely N-dealkylation sites (tertiary alicyclic amines) is 1. The minimum absolute atomic E-state index is 0.0294. The van der Waals surface area contributed by atoms with Gasteiger partial charge in [0.15, 0.2) is 0 Å². The van der Waals surface area contributed by atoms with Gasteiger partial charge in [-0.2, -0.15) is 0 Å². The van der Waals surface area contributed by atoms with Gasteiger partial charge in [0, 0.05) is 31.2 Å². The molecule has 0 radical (unpaired) electrons. The lowest BCUT2D eigenvalue weighted by atomic mass is 9.78. The summed E-state index contributed by atoms with van der Waals surface area (Å²) in [5, 5.41) is 0. The van der Waals surface area contributed by atoms with Crippen molar-refractivity contribution < 1.29 is 14.4 Å². The van der Waals surface area contributed by atoms with Crippen LogP contribution in [0.3, 0.4) is 0 Å². The summed E-state index contributed by atoms with van der Waals surface area (Å²) in [6, 6.07) is 7.79. The zero-order valence-corrected chi connectivity index (χ0v) is 17.5. The molecular weight excluding hydrogens is 364 g/mol. The van der Waals surface area contributed by atoms with Crippen molar-refractivity contribution in [3.8, 4) is 0 Å². The monoisotopic (exact) mass is 396 g/mol. The molecule has 0 aromatic heterocycles. The Bertz CT molecular complexity index is 787. The molecule has 1 saturated heterocycles. The predicted molar refractivity (Wildman–Crippen MR) is 113 cm³/mol. The molecule has 156 valence electrons. The van der Waals surface area contributed by atoms with Crippen LogP contribution < -0.4 is 4.90 Å². The van der Waals surface area contributed by atoms with Gasteiger partial charge in [0.05, 0.1) is 5.54 Å². The van der Waals surface area contributed by atoms with Crippen molar-refractivity contribution in [3.05, 3.63) is 29.8 Å². The van der Waals surface area contributed by atoms with Crippen molar-refractivity contribution in [3.63, 3.8) is 0 Å². The van der Waals surface area contributed by atoms with Crippen LogP contribution in [0.4, 0.5) is 5.69 Å². The van der Waals surface area contributed by atoms with Crippen molar-refractivity contribution in [2.75, 3.05) is 18.0 Å². The molecule has 5 heteroatoms. The molecule has 2 heterocycles. The van der Waals surface area contributed by atoms with E-state index in [1.54, 1.807) is 11.8 Å². The van der Waals surface area contributed by atoms with E-state index >= 15 is 0 Å². The predicted octanol–water partition coefficient (Wildman–Crippen LogP) is 3.68. The summed E-state index contributed by atoms with van der Waals surface area (Å²) < 4.78 is 0. The van der Waals surface area contributed by atoms with Gasteiger partial charge in [0.25, 0.3) is 5.91 Å². The van der Waals surface area contributed by atoms with Crippen molar-refractivity contribution in [2.24, 2.45) is 0 Å².